The molecule has 3 rings (SSSR count). The number of hydrogen-bond acceptors (Lipinski definition) is 6. The number of rotatable bonds is 9. The molecule has 1 atom stereocenters. The van der Waals surface area contributed by atoms with E-state index in [2.05, 4.69) is 10.8 Å². The van der Waals surface area contributed by atoms with Crippen LogP contribution in [0.4, 0.5) is 11.4 Å². The van der Waals surface area contributed by atoms with Crippen molar-refractivity contribution in [1.82, 2.24) is 10.2 Å². The Morgan fingerprint density at radius 3 is 2.65 bits per heavy atom. The number of nitrogens with one attached hydrogen (secondary N) is 1. The van der Waals surface area contributed by atoms with Gasteiger partial charge in [0.1, 0.15) is 18.1 Å². The van der Waals surface area contributed by atoms with Gasteiger partial charge in [0, 0.05) is 37.7 Å². The van der Waals surface area contributed by atoms with Crippen LogP contribution in [0.5, 0.6) is 5.75 Å². The van der Waals surface area contributed by atoms with Crippen molar-refractivity contribution in [2.24, 2.45) is 0 Å². The number of benzene rings is 2. The van der Waals surface area contributed by atoms with Gasteiger partial charge in [-0.1, -0.05) is 18.2 Å². The number of carbonyl (C=O) groups excluding carboxylic acids is 3. The maximum absolute atomic E-state index is 12.7. The molecule has 1 aliphatic rings. The van der Waals surface area contributed by atoms with Crippen LogP contribution < -0.4 is 61.5 Å². The Labute approximate surface area is 220 Å². The Hall–Kier alpha value is -2.31. The molecule has 2 amide bonds. The molecule has 1 heterocycles. The number of likely N-dealkylation sites (N-methyl/N-ethyl adjacent to an activating group) is 1. The Morgan fingerprint density at radius 1 is 1.32 bits per heavy atom. The van der Waals surface area contributed by atoms with Gasteiger partial charge in [-0.15, -0.1) is 5.69 Å². The molecule has 1 N–H and O–H groups in total. The zero-order valence-electron chi connectivity index (χ0n) is 17.1. The zero-order chi connectivity index (χ0) is 21.7. The fraction of sp³-hybridized carbons (Fsp3) is 0.250. The summed E-state index contributed by atoms with van der Waals surface area (Å²) < 4.78 is 0. The third-order valence-electron chi connectivity index (χ3n) is 4.71. The van der Waals surface area contributed by atoms with Crippen LogP contribution in [0.3, 0.4) is 0 Å². The minimum Gasteiger partial charge on any atom is -0.557 e. The van der Waals surface area contributed by atoms with Crippen molar-refractivity contribution in [2.75, 3.05) is 7.05 Å². The second-order valence-electron chi connectivity index (χ2n) is 6.58. The fourth-order valence-corrected chi connectivity index (χ4v) is 3.19. The fourth-order valence-electron chi connectivity index (χ4n) is 3.19. The molecule has 2 aromatic rings. The minimum absolute atomic E-state index is 0. The molecule has 0 bridgehead atoms. The number of nitro groups is 1. The number of fused-ring (bicyclic) bond motifs is 1. The minimum atomic E-state index is -0.739. The van der Waals surface area contributed by atoms with Crippen LogP contribution in [0.15, 0.2) is 42.5 Å². The third kappa shape index (κ3) is 5.89. The summed E-state index contributed by atoms with van der Waals surface area (Å²) in [4.78, 5) is 52.6. The summed E-state index contributed by atoms with van der Waals surface area (Å²) in [7, 11) is 1.48. The molecule has 0 saturated heterocycles. The summed E-state index contributed by atoms with van der Waals surface area (Å²) in [6, 6.07) is 9.63. The second-order valence-corrected chi connectivity index (χ2v) is 6.58. The first-order valence-corrected chi connectivity index (χ1v) is 9.16. The smallest absolute Gasteiger partial charge is 0.557 e. The normalized spacial score (nSPS) is 12.9. The number of nitro benzene ring substituents is 1. The molecule has 10 nitrogen and oxygen atoms in total. The van der Waals surface area contributed by atoms with Crippen molar-refractivity contribution in [3.05, 3.63) is 69.2 Å². The summed E-state index contributed by atoms with van der Waals surface area (Å²) in [6.07, 6.45) is 1.13. The molecule has 0 aromatic heterocycles. The first-order chi connectivity index (χ1) is 14.4. The summed E-state index contributed by atoms with van der Waals surface area (Å²) in [6.45, 7) is 0.214. The number of amides is 2. The van der Waals surface area contributed by atoms with E-state index in [0.717, 1.165) is 6.29 Å². The van der Waals surface area contributed by atoms with E-state index in [0.29, 0.717) is 22.6 Å². The van der Waals surface area contributed by atoms with Gasteiger partial charge < -0.3 is 25.3 Å². The predicted molar refractivity (Wildman–Crippen MR) is 106 cm³/mol. The van der Waals surface area contributed by atoms with Crippen LogP contribution in [0.2, 0.25) is 0 Å². The van der Waals surface area contributed by atoms with Crippen molar-refractivity contribution in [3.63, 3.8) is 0 Å². The van der Waals surface area contributed by atoms with Gasteiger partial charge in [0.25, 0.3) is 11.6 Å². The van der Waals surface area contributed by atoms with Gasteiger partial charge in [-0.3, -0.25) is 19.7 Å². The van der Waals surface area contributed by atoms with E-state index >= 15 is 0 Å². The van der Waals surface area contributed by atoms with Crippen molar-refractivity contribution in [2.45, 2.75) is 25.4 Å². The Bertz CT molecular complexity index is 982. The average Bonchev–Trinajstić information content (AvgIpc) is 3.08. The number of carbonyl (C=O) groups is 3. The van der Waals surface area contributed by atoms with Gasteiger partial charge >= 0.3 is 51.4 Å². The topological polar surface area (TPSA) is 133 Å². The number of hydrogen-bond donors (Lipinski definition) is 1. The van der Waals surface area contributed by atoms with E-state index in [1.165, 1.54) is 36.2 Å². The zero-order valence-corrected chi connectivity index (χ0v) is 20.2. The van der Waals surface area contributed by atoms with E-state index in [4.69, 9.17) is 4.84 Å². The van der Waals surface area contributed by atoms with E-state index < -0.39 is 11.0 Å². The molecular weight excluding hydrogens is 431 g/mol. The summed E-state index contributed by atoms with van der Waals surface area (Å²) >= 11 is 0. The SMILES string of the molecule is CNC(=O)C(CCC=O)N1Cc2cc([N-]Oc3ccc([N+](=O)[O-])cc3)ccc2C1=O.[K+]. The average molecular weight is 450 g/mol. The monoisotopic (exact) mass is 450 g/mol. The number of nitrogens with zero attached hydrogens (tertiary/aromatic N) is 3. The molecule has 0 aliphatic carbocycles. The van der Waals surface area contributed by atoms with Crippen LogP contribution in [-0.4, -0.2) is 41.0 Å². The molecule has 0 fully saturated rings. The maximum Gasteiger partial charge on any atom is 1.00 e. The molecule has 2 aromatic carbocycles. The van der Waals surface area contributed by atoms with Crippen molar-refractivity contribution >= 4 is 29.5 Å². The van der Waals surface area contributed by atoms with Gasteiger partial charge in [0.05, 0.1) is 4.92 Å². The van der Waals surface area contributed by atoms with Crippen LogP contribution in [0.25, 0.3) is 5.48 Å². The van der Waals surface area contributed by atoms with E-state index in [1.54, 1.807) is 18.2 Å². The molecule has 0 spiro atoms. The standard InChI is InChI=1S/C20H20N4O6.K/c1-21-19(26)18(3-2-10-25)23-12-13-11-14(4-9-17(13)20(23)27)22-30-16-7-5-15(6-8-16)24(28)29;/h4-11,18H,2-3,12H2,1H3,(H2,21,22,26,27);/q;+1/p-1. The van der Waals surface area contributed by atoms with Gasteiger partial charge in [0.15, 0.2) is 0 Å². The Kier molecular flexibility index (Phi) is 9.13. The summed E-state index contributed by atoms with van der Waals surface area (Å²) in [5, 5.41) is 13.2. The van der Waals surface area contributed by atoms with Gasteiger partial charge in [-0.05, 0) is 24.1 Å². The van der Waals surface area contributed by atoms with Crippen molar-refractivity contribution in [3.8, 4) is 5.75 Å². The predicted octanol–water partition coefficient (Wildman–Crippen LogP) is -0.352. The Balaban J connectivity index is 0.00000341. The molecule has 156 valence electrons. The van der Waals surface area contributed by atoms with Crippen LogP contribution >= 0.6 is 0 Å². The van der Waals surface area contributed by atoms with Gasteiger partial charge in [-0.25, -0.2) is 0 Å². The molecule has 11 heteroatoms. The van der Waals surface area contributed by atoms with Crippen LogP contribution in [-0.2, 0) is 16.1 Å². The van der Waals surface area contributed by atoms with E-state index in [9.17, 15) is 24.5 Å². The quantitative estimate of drug-likeness (QED) is 0.240. The van der Waals surface area contributed by atoms with Crippen LogP contribution in [0, 0.1) is 10.1 Å². The molecular formula is C20H19KN4O6. The molecule has 1 unspecified atom stereocenters. The Morgan fingerprint density at radius 2 is 2.03 bits per heavy atom. The number of non-ortho nitro benzene ring substituents is 1. The molecule has 1 aliphatic heterocycles. The van der Waals surface area contributed by atoms with Gasteiger partial charge in [0.2, 0.25) is 5.91 Å². The molecule has 31 heavy (non-hydrogen) atoms. The van der Waals surface area contributed by atoms with Crippen molar-refractivity contribution < 1.29 is 75.5 Å². The first kappa shape index (κ1) is 25.0. The second kappa shape index (κ2) is 11.3. The maximum atomic E-state index is 12.7. The number of aldehydes is 1. The molecule has 0 radical (unpaired) electrons. The van der Waals surface area contributed by atoms with Crippen LogP contribution in [0.1, 0.15) is 28.8 Å². The van der Waals surface area contributed by atoms with E-state index in [-0.39, 0.29) is 88.3 Å². The van der Waals surface area contributed by atoms with Crippen molar-refractivity contribution in [1.29, 1.82) is 0 Å². The van der Waals surface area contributed by atoms with Gasteiger partial charge in [-0.2, -0.15) is 0 Å². The molecule has 0 saturated carbocycles. The summed E-state index contributed by atoms with van der Waals surface area (Å²) in [5.74, 6) is -0.288. The van der Waals surface area contributed by atoms with E-state index in [1.807, 2.05) is 0 Å². The largest absolute Gasteiger partial charge is 1.00 e. The summed E-state index contributed by atoms with van der Waals surface area (Å²) in [5.41, 5.74) is 5.54. The first-order valence-electron chi connectivity index (χ1n) is 9.16. The third-order valence-corrected chi connectivity index (χ3v) is 4.71.